The van der Waals surface area contributed by atoms with Crippen LogP contribution in [-0.2, 0) is 16.2 Å². The van der Waals surface area contributed by atoms with Gasteiger partial charge >= 0.3 is 6.18 Å². The quantitative estimate of drug-likeness (QED) is 0.711. The SMILES string of the molecule is O=C(NCCS(=O)(=O)N1CCN(C(=O)c2ccco2)CC1)c1cccc(C(F)(F)F)c1. The van der Waals surface area contributed by atoms with Crippen LogP contribution in [0.2, 0.25) is 0 Å². The van der Waals surface area contributed by atoms with Crippen molar-refractivity contribution in [3.8, 4) is 0 Å². The van der Waals surface area contributed by atoms with E-state index in [0.29, 0.717) is 6.07 Å². The third kappa shape index (κ3) is 5.64. The van der Waals surface area contributed by atoms with Crippen LogP contribution in [0.5, 0.6) is 0 Å². The van der Waals surface area contributed by atoms with Gasteiger partial charge in [-0.2, -0.15) is 17.5 Å². The number of rotatable bonds is 6. The molecule has 1 aromatic carbocycles. The van der Waals surface area contributed by atoms with E-state index in [1.807, 2.05) is 0 Å². The summed E-state index contributed by atoms with van der Waals surface area (Å²) in [5.74, 6) is -1.36. The first kappa shape index (κ1) is 22.8. The topological polar surface area (TPSA) is 99.9 Å². The summed E-state index contributed by atoms with van der Waals surface area (Å²) in [6.45, 7) is 0.306. The molecule has 0 atom stereocenters. The van der Waals surface area contributed by atoms with Gasteiger partial charge in [-0.25, -0.2) is 8.42 Å². The largest absolute Gasteiger partial charge is 0.459 e. The predicted molar refractivity (Wildman–Crippen MR) is 104 cm³/mol. The normalized spacial score (nSPS) is 15.6. The van der Waals surface area contributed by atoms with Gasteiger partial charge in [0.05, 0.1) is 17.6 Å². The lowest BCUT2D eigenvalue weighted by atomic mass is 10.1. The molecule has 1 fully saturated rings. The fourth-order valence-electron chi connectivity index (χ4n) is 3.09. The van der Waals surface area contributed by atoms with Crippen molar-refractivity contribution in [2.75, 3.05) is 38.5 Å². The van der Waals surface area contributed by atoms with Crippen LogP contribution >= 0.6 is 0 Å². The van der Waals surface area contributed by atoms with Crippen molar-refractivity contribution in [1.82, 2.24) is 14.5 Å². The van der Waals surface area contributed by atoms with Gasteiger partial charge in [0.2, 0.25) is 10.0 Å². The van der Waals surface area contributed by atoms with Crippen LogP contribution in [0.25, 0.3) is 0 Å². The molecule has 0 aliphatic carbocycles. The minimum Gasteiger partial charge on any atom is -0.459 e. The number of sulfonamides is 1. The third-order valence-electron chi connectivity index (χ3n) is 4.75. The van der Waals surface area contributed by atoms with Gasteiger partial charge < -0.3 is 14.6 Å². The van der Waals surface area contributed by atoms with Gasteiger partial charge in [0.1, 0.15) is 0 Å². The summed E-state index contributed by atoms with van der Waals surface area (Å²) in [6.07, 6.45) is -3.21. The summed E-state index contributed by atoms with van der Waals surface area (Å²) in [5.41, 5.74) is -1.17. The van der Waals surface area contributed by atoms with E-state index >= 15 is 0 Å². The summed E-state index contributed by atoms with van der Waals surface area (Å²) in [5, 5.41) is 2.33. The van der Waals surface area contributed by atoms with E-state index in [1.165, 1.54) is 27.6 Å². The number of furan rings is 1. The van der Waals surface area contributed by atoms with Gasteiger partial charge in [-0.1, -0.05) is 6.07 Å². The molecule has 0 unspecified atom stereocenters. The first-order valence-electron chi connectivity index (χ1n) is 9.34. The molecule has 8 nitrogen and oxygen atoms in total. The molecule has 2 heterocycles. The lowest BCUT2D eigenvalue weighted by molar-refractivity contribution is -0.137. The number of hydrogen-bond donors (Lipinski definition) is 1. The molecule has 31 heavy (non-hydrogen) atoms. The smallest absolute Gasteiger partial charge is 0.416 e. The minimum atomic E-state index is -4.58. The van der Waals surface area contributed by atoms with Gasteiger partial charge in [-0.05, 0) is 30.3 Å². The van der Waals surface area contributed by atoms with Crippen molar-refractivity contribution >= 4 is 21.8 Å². The molecule has 2 amide bonds. The second-order valence-corrected chi connectivity index (χ2v) is 8.91. The molecule has 1 aromatic heterocycles. The zero-order chi connectivity index (χ0) is 22.6. The number of alkyl halides is 3. The number of piperazine rings is 1. The molecular formula is C19H20F3N3O5S. The number of nitrogens with one attached hydrogen (secondary N) is 1. The zero-order valence-corrected chi connectivity index (χ0v) is 17.1. The van der Waals surface area contributed by atoms with Crippen LogP contribution in [0, 0.1) is 0 Å². The first-order valence-corrected chi connectivity index (χ1v) is 10.9. The molecule has 2 aromatic rings. The molecule has 1 N–H and O–H groups in total. The Bertz CT molecular complexity index is 1030. The van der Waals surface area contributed by atoms with Crippen molar-refractivity contribution in [2.24, 2.45) is 0 Å². The molecule has 1 aliphatic heterocycles. The standard InChI is InChI=1S/C19H20F3N3O5S/c20-19(21,22)15-4-1-3-14(13-15)17(26)23-6-12-31(28,29)25-9-7-24(8-10-25)18(27)16-5-2-11-30-16/h1-5,11,13H,6-10,12H2,(H,23,26). The Kier molecular flexibility index (Phi) is 6.70. The number of amides is 2. The van der Waals surface area contributed by atoms with E-state index < -0.39 is 33.4 Å². The summed E-state index contributed by atoms with van der Waals surface area (Å²) in [4.78, 5) is 25.8. The highest BCUT2D eigenvalue weighted by atomic mass is 32.2. The van der Waals surface area contributed by atoms with Crippen LogP contribution in [0.1, 0.15) is 26.5 Å². The summed E-state index contributed by atoms with van der Waals surface area (Å²) >= 11 is 0. The van der Waals surface area contributed by atoms with E-state index in [0.717, 1.165) is 12.1 Å². The van der Waals surface area contributed by atoms with Crippen LogP contribution < -0.4 is 5.32 Å². The molecular weight excluding hydrogens is 439 g/mol. The van der Waals surface area contributed by atoms with Crippen LogP contribution in [0.15, 0.2) is 47.1 Å². The monoisotopic (exact) mass is 459 g/mol. The minimum absolute atomic E-state index is 0.0936. The van der Waals surface area contributed by atoms with Crippen molar-refractivity contribution in [2.45, 2.75) is 6.18 Å². The molecule has 0 spiro atoms. The average molecular weight is 459 g/mol. The van der Waals surface area contributed by atoms with Crippen molar-refractivity contribution in [3.05, 3.63) is 59.5 Å². The lowest BCUT2D eigenvalue weighted by Crippen LogP contribution is -2.51. The van der Waals surface area contributed by atoms with Gasteiger partial charge in [0, 0.05) is 38.3 Å². The van der Waals surface area contributed by atoms with Gasteiger partial charge in [0.25, 0.3) is 11.8 Å². The highest BCUT2D eigenvalue weighted by Crippen LogP contribution is 2.29. The van der Waals surface area contributed by atoms with E-state index in [9.17, 15) is 31.2 Å². The Balaban J connectivity index is 1.49. The zero-order valence-electron chi connectivity index (χ0n) is 16.3. The Labute approximate surface area is 176 Å². The second-order valence-electron chi connectivity index (χ2n) is 6.82. The van der Waals surface area contributed by atoms with E-state index in [4.69, 9.17) is 4.42 Å². The maximum absolute atomic E-state index is 12.8. The lowest BCUT2D eigenvalue weighted by Gasteiger charge is -2.33. The Hall–Kier alpha value is -2.86. The number of carbonyl (C=O) groups excluding carboxylic acids is 2. The fraction of sp³-hybridized carbons (Fsp3) is 0.368. The van der Waals surface area contributed by atoms with Crippen molar-refractivity contribution in [3.63, 3.8) is 0 Å². The highest BCUT2D eigenvalue weighted by molar-refractivity contribution is 7.89. The number of benzene rings is 1. The molecule has 12 heteroatoms. The maximum Gasteiger partial charge on any atom is 0.416 e. The van der Waals surface area contributed by atoms with Crippen LogP contribution in [0.4, 0.5) is 13.2 Å². The van der Waals surface area contributed by atoms with Crippen LogP contribution in [0.3, 0.4) is 0 Å². The first-order chi connectivity index (χ1) is 14.6. The van der Waals surface area contributed by atoms with Crippen molar-refractivity contribution < 1.29 is 35.6 Å². The molecule has 3 rings (SSSR count). The van der Waals surface area contributed by atoms with Crippen molar-refractivity contribution in [1.29, 1.82) is 0 Å². The predicted octanol–water partition coefficient (Wildman–Crippen LogP) is 1.82. The van der Waals surface area contributed by atoms with E-state index in [2.05, 4.69) is 5.32 Å². The maximum atomic E-state index is 12.8. The van der Waals surface area contributed by atoms with E-state index in [1.54, 1.807) is 6.07 Å². The number of hydrogen-bond acceptors (Lipinski definition) is 5. The van der Waals surface area contributed by atoms with Gasteiger partial charge in [-0.3, -0.25) is 9.59 Å². The molecule has 1 saturated heterocycles. The molecule has 0 radical (unpaired) electrons. The number of nitrogens with zero attached hydrogens (tertiary/aromatic N) is 2. The molecule has 168 valence electrons. The Morgan fingerprint density at radius 1 is 1.06 bits per heavy atom. The average Bonchev–Trinajstić information content (AvgIpc) is 3.27. The van der Waals surface area contributed by atoms with Crippen LogP contribution in [-0.4, -0.2) is 67.9 Å². The van der Waals surface area contributed by atoms with Gasteiger partial charge in [0.15, 0.2) is 5.76 Å². The van der Waals surface area contributed by atoms with E-state index in [-0.39, 0.29) is 50.0 Å². The summed E-state index contributed by atoms with van der Waals surface area (Å²) in [6, 6.07) is 6.99. The van der Waals surface area contributed by atoms with Gasteiger partial charge in [-0.15, -0.1) is 0 Å². The number of carbonyl (C=O) groups is 2. The highest BCUT2D eigenvalue weighted by Gasteiger charge is 2.31. The third-order valence-corrected chi connectivity index (χ3v) is 6.62. The number of halogens is 3. The Morgan fingerprint density at radius 2 is 1.77 bits per heavy atom. The molecule has 0 bridgehead atoms. The Morgan fingerprint density at radius 3 is 2.39 bits per heavy atom. The molecule has 1 aliphatic rings. The summed E-state index contributed by atoms with van der Waals surface area (Å²) in [7, 11) is -3.72. The summed E-state index contributed by atoms with van der Waals surface area (Å²) < 4.78 is 69.5. The molecule has 0 saturated carbocycles. The second kappa shape index (κ2) is 9.10. The fourth-order valence-corrected chi connectivity index (χ4v) is 4.42.